The number of benzene rings is 6. The highest BCUT2D eigenvalue weighted by atomic mass is 32.1. The molecule has 1 aliphatic heterocycles. The van der Waals surface area contributed by atoms with Crippen molar-refractivity contribution in [2.75, 3.05) is 4.90 Å². The fourth-order valence-corrected chi connectivity index (χ4v) is 12.1. The molecule has 1 aromatic heterocycles. The third-order valence-corrected chi connectivity index (χ3v) is 15.7. The number of rotatable bonds is 4. The van der Waals surface area contributed by atoms with Crippen LogP contribution < -0.4 is 10.4 Å². The maximum Gasteiger partial charge on any atom is 0.117 e. The molecule has 0 unspecified atom stereocenters. The molecule has 0 N–H and O–H groups in total. The van der Waals surface area contributed by atoms with Crippen LogP contribution in [0, 0.1) is 41.5 Å². The van der Waals surface area contributed by atoms with Crippen LogP contribution in [0.5, 0.6) is 0 Å². The Balaban J connectivity index is 1.40. The largest absolute Gasteiger partial charge is 0.310 e. The van der Waals surface area contributed by atoms with E-state index in [1.54, 1.807) is 0 Å². The van der Waals surface area contributed by atoms with Crippen LogP contribution in [-0.4, -0.2) is 7.85 Å². The number of hydrogen-bond acceptors (Lipinski definition) is 2. The molecule has 10 rings (SSSR count). The summed E-state index contributed by atoms with van der Waals surface area (Å²) in [6, 6.07) is 39.6. The Morgan fingerprint density at radius 1 is 0.574 bits per heavy atom. The van der Waals surface area contributed by atoms with Gasteiger partial charge in [-0.25, -0.2) is 0 Å². The standard InChI is InChI=1S/C58H56BNS/c1-33-22-23-41(35(3)26-33)44-30-50-46(27-36(44)4)55-42(53-29-39-17-12-14-21-52(39)61-53)19-15-20-43(55)54-38(6)45(40-18-13-11-16-34(40)2)31-51(56(54)59)60(50)49-32-48-47(28-37(49)5)57(7,8)24-25-58(48,9)10/h11-14,16-18,20-23,26-32H,15,19,24-25H2,1-10H3. The lowest BCUT2D eigenvalue weighted by Gasteiger charge is -2.44. The molecule has 0 spiro atoms. The van der Waals surface area contributed by atoms with Crippen LogP contribution >= 0.6 is 11.3 Å². The minimum Gasteiger partial charge on any atom is -0.310 e. The predicted molar refractivity (Wildman–Crippen MR) is 267 cm³/mol. The second-order valence-electron chi connectivity index (χ2n) is 19.6. The van der Waals surface area contributed by atoms with Crippen molar-refractivity contribution in [1.29, 1.82) is 0 Å². The van der Waals surface area contributed by atoms with Gasteiger partial charge < -0.3 is 4.90 Å². The fourth-order valence-electron chi connectivity index (χ4n) is 11.0. The highest BCUT2D eigenvalue weighted by Crippen LogP contribution is 2.56. The van der Waals surface area contributed by atoms with Gasteiger partial charge in [-0.15, -0.1) is 11.3 Å². The van der Waals surface area contributed by atoms with E-state index in [-0.39, 0.29) is 10.8 Å². The summed E-state index contributed by atoms with van der Waals surface area (Å²) in [5.41, 5.74) is 26.3. The van der Waals surface area contributed by atoms with E-state index in [4.69, 9.17) is 7.85 Å². The van der Waals surface area contributed by atoms with Gasteiger partial charge in [0.15, 0.2) is 0 Å². The summed E-state index contributed by atoms with van der Waals surface area (Å²) in [4.78, 5) is 3.92. The summed E-state index contributed by atoms with van der Waals surface area (Å²) in [5.74, 6) is 0. The normalized spacial score (nSPS) is 16.4. The average Bonchev–Trinajstić information content (AvgIpc) is 3.66. The lowest BCUT2D eigenvalue weighted by Crippen LogP contribution is -2.34. The molecule has 0 saturated heterocycles. The number of thiophene rings is 1. The summed E-state index contributed by atoms with van der Waals surface area (Å²) in [5, 5.41) is 1.30. The zero-order valence-corrected chi connectivity index (χ0v) is 38.5. The van der Waals surface area contributed by atoms with E-state index in [2.05, 4.69) is 183 Å². The molecular weight excluding hydrogens is 754 g/mol. The average molecular weight is 810 g/mol. The Kier molecular flexibility index (Phi) is 9.35. The van der Waals surface area contributed by atoms with Crippen molar-refractivity contribution in [1.82, 2.24) is 0 Å². The van der Waals surface area contributed by atoms with Crippen molar-refractivity contribution < 1.29 is 0 Å². The molecule has 2 aliphatic carbocycles. The number of hydrogen-bond donors (Lipinski definition) is 0. The van der Waals surface area contributed by atoms with Gasteiger partial charge in [0.2, 0.25) is 0 Å². The van der Waals surface area contributed by atoms with E-state index in [9.17, 15) is 0 Å². The van der Waals surface area contributed by atoms with Crippen molar-refractivity contribution in [2.45, 2.75) is 106 Å². The van der Waals surface area contributed by atoms with Gasteiger partial charge in [-0.2, -0.15) is 0 Å². The zero-order valence-electron chi connectivity index (χ0n) is 37.7. The third-order valence-electron chi connectivity index (χ3n) is 14.5. The first-order valence-electron chi connectivity index (χ1n) is 22.2. The van der Waals surface area contributed by atoms with Crippen LogP contribution in [0.2, 0.25) is 0 Å². The van der Waals surface area contributed by atoms with Crippen LogP contribution in [0.3, 0.4) is 0 Å². The number of nitrogens with zero attached hydrogens (tertiary/aromatic N) is 1. The maximum atomic E-state index is 7.84. The molecule has 0 atom stereocenters. The predicted octanol–water partition coefficient (Wildman–Crippen LogP) is 15.8. The van der Waals surface area contributed by atoms with Crippen molar-refractivity contribution >= 4 is 68.5 Å². The lowest BCUT2D eigenvalue weighted by molar-refractivity contribution is 0.332. The van der Waals surface area contributed by atoms with E-state index in [0.717, 1.165) is 36.0 Å². The number of anilines is 3. The molecule has 6 aromatic carbocycles. The Hall–Kier alpha value is -5.38. The summed E-state index contributed by atoms with van der Waals surface area (Å²) < 4.78 is 1.32. The second kappa shape index (κ2) is 14.4. The molecule has 0 amide bonds. The van der Waals surface area contributed by atoms with Crippen molar-refractivity contribution in [3.63, 3.8) is 0 Å². The van der Waals surface area contributed by atoms with Crippen molar-refractivity contribution in [3.8, 4) is 22.3 Å². The molecule has 2 heterocycles. The maximum absolute atomic E-state index is 7.84. The van der Waals surface area contributed by atoms with Crippen molar-refractivity contribution in [2.24, 2.45) is 0 Å². The minimum atomic E-state index is 0.0305. The van der Waals surface area contributed by atoms with Crippen LogP contribution in [-0.2, 0) is 10.8 Å². The Bertz CT molecular complexity index is 3020. The van der Waals surface area contributed by atoms with Gasteiger partial charge in [-0.1, -0.05) is 112 Å². The second-order valence-corrected chi connectivity index (χ2v) is 20.7. The van der Waals surface area contributed by atoms with Crippen LogP contribution in [0.25, 0.3) is 49.1 Å². The molecule has 7 aromatic rings. The molecule has 2 bridgehead atoms. The van der Waals surface area contributed by atoms with Crippen molar-refractivity contribution in [3.05, 3.63) is 170 Å². The number of aryl methyl sites for hydroxylation is 5. The van der Waals surface area contributed by atoms with Gasteiger partial charge in [0, 0.05) is 26.5 Å². The monoisotopic (exact) mass is 809 g/mol. The molecule has 3 aliphatic rings. The molecule has 0 saturated carbocycles. The molecular formula is C58H56BNS. The Morgan fingerprint density at radius 2 is 1.25 bits per heavy atom. The summed E-state index contributed by atoms with van der Waals surface area (Å²) in [6.45, 7) is 23.4. The van der Waals surface area contributed by atoms with E-state index >= 15 is 0 Å². The topological polar surface area (TPSA) is 3.24 Å². The molecule has 3 heteroatoms. The van der Waals surface area contributed by atoms with E-state index in [0.29, 0.717) is 0 Å². The van der Waals surface area contributed by atoms with Gasteiger partial charge >= 0.3 is 0 Å². The minimum absolute atomic E-state index is 0.0305. The van der Waals surface area contributed by atoms with E-state index in [1.807, 2.05) is 11.3 Å². The first-order valence-corrected chi connectivity index (χ1v) is 23.0. The highest BCUT2D eigenvalue weighted by molar-refractivity contribution is 7.20. The number of fused-ring (bicyclic) bond motifs is 8. The smallest absolute Gasteiger partial charge is 0.117 e. The van der Waals surface area contributed by atoms with Gasteiger partial charge in [0.1, 0.15) is 7.85 Å². The Labute approximate surface area is 369 Å². The molecule has 0 fully saturated rings. The Morgan fingerprint density at radius 3 is 1.98 bits per heavy atom. The molecule has 1 nitrogen and oxygen atoms in total. The summed E-state index contributed by atoms with van der Waals surface area (Å²) in [6.07, 6.45) is 6.74. The van der Waals surface area contributed by atoms with Crippen LogP contribution in [0.1, 0.15) is 114 Å². The van der Waals surface area contributed by atoms with Gasteiger partial charge in [-0.05, 0) is 203 Å². The zero-order chi connectivity index (χ0) is 42.7. The first kappa shape index (κ1) is 39.7. The first-order chi connectivity index (χ1) is 29.1. The molecule has 302 valence electrons. The summed E-state index contributed by atoms with van der Waals surface area (Å²) >= 11 is 1.92. The summed E-state index contributed by atoms with van der Waals surface area (Å²) in [7, 11) is 7.84. The third kappa shape index (κ3) is 6.33. The highest BCUT2D eigenvalue weighted by Gasteiger charge is 2.39. The quantitative estimate of drug-likeness (QED) is 0.160. The molecule has 61 heavy (non-hydrogen) atoms. The van der Waals surface area contributed by atoms with Gasteiger partial charge in [0.25, 0.3) is 0 Å². The van der Waals surface area contributed by atoms with Gasteiger partial charge in [0.05, 0.1) is 5.69 Å². The van der Waals surface area contributed by atoms with Gasteiger partial charge in [-0.3, -0.25) is 0 Å². The number of allylic oxidation sites excluding steroid dienone is 4. The van der Waals surface area contributed by atoms with Crippen LogP contribution in [0.4, 0.5) is 17.1 Å². The van der Waals surface area contributed by atoms with E-state index < -0.39 is 0 Å². The lowest BCUT2D eigenvalue weighted by atomic mass is 9.62. The fraction of sp³-hybridized carbons (Fsp3) is 0.276. The SMILES string of the molecule is [B]c1c2cc(-c3ccccc3C)c(C)c1C1=CCCC(c3cc4ccccc4s3)=C1c1cc(C)c(-c3ccc(C)cc3C)cc1N2c1cc2c(cc1C)C(C)(C)CCC2(C)C. The molecule has 2 radical (unpaired) electrons. The van der Waals surface area contributed by atoms with E-state index in [1.165, 1.54) is 122 Å². The van der Waals surface area contributed by atoms with Crippen LogP contribution in [0.15, 0.2) is 109 Å².